The molecule has 36 nitrogen and oxygen atoms in total. The number of nitrogens with two attached hydrogens (primary N) is 2. The summed E-state index contributed by atoms with van der Waals surface area (Å²) in [6.45, 7) is 71.0. The Morgan fingerprint density at radius 2 is 0.636 bits per heavy atom. The molecule has 6 aromatic rings. The summed E-state index contributed by atoms with van der Waals surface area (Å²) in [6, 6.07) is 17.6. The third-order valence-corrected chi connectivity index (χ3v) is 28.9. The zero-order chi connectivity index (χ0) is 105. The number of aromatic carboxylic acids is 1. The SMILES string of the molecule is C=Cc1ccc(C(=O)OC)c(N)n1.C=Cc1ccc(C(=O)OC)c(NC=O)n1.C=[CH][Sn]([CH2]CCC)([CH2]CCC)[CH2]CCC.CC(C)(C)OOC(C)(C)C.CC(C)(C)OOC(C)(C)C.CC(C)(C)OOOC(C)(C)C.COC(=O)c1ccc(C=O)nc1NC=O.COC(=O)c1ccc(Cl)nc1Cl.COC(=O)c1ccc(Cl)nc1N.O=C(O)c1ccc(Cl)nc1Cl.[C-]#[O+].[C-]#[O+].[C-]#[O+].[C-]#[O+]. The summed E-state index contributed by atoms with van der Waals surface area (Å²) in [5.41, 5.74) is 11.7. The van der Waals surface area contributed by atoms with Crippen LogP contribution in [0.1, 0.15) is 268 Å². The van der Waals surface area contributed by atoms with Crippen molar-refractivity contribution in [3.63, 3.8) is 0 Å². The Hall–Kier alpha value is -9.92. The van der Waals surface area contributed by atoms with Crippen LogP contribution in [0.4, 0.5) is 23.3 Å². The van der Waals surface area contributed by atoms with Gasteiger partial charge in [0, 0.05) is 0 Å². The van der Waals surface area contributed by atoms with Crippen LogP contribution < -0.4 is 22.1 Å². The molecule has 132 heavy (non-hydrogen) atoms. The van der Waals surface area contributed by atoms with Crippen LogP contribution >= 0.6 is 58.0 Å². The minimum atomic E-state index is -1.85. The van der Waals surface area contributed by atoms with Crippen molar-refractivity contribution in [2.75, 3.05) is 57.6 Å². The fourth-order valence-electron chi connectivity index (χ4n) is 7.86. The molecule has 0 saturated carbocycles. The first-order chi connectivity index (χ1) is 61.4. The molecule has 6 aromatic heterocycles. The normalized spacial score (nSPS) is 10.1. The summed E-state index contributed by atoms with van der Waals surface area (Å²) in [4.78, 5) is 149. The van der Waals surface area contributed by atoms with Crippen molar-refractivity contribution in [3.05, 3.63) is 199 Å². The Morgan fingerprint density at radius 1 is 0.386 bits per heavy atom. The number of hydrogen-bond donors (Lipinski definition) is 5. The van der Waals surface area contributed by atoms with Gasteiger partial charge in [0.15, 0.2) is 6.29 Å². The van der Waals surface area contributed by atoms with Crippen LogP contribution in [0, 0.1) is 26.6 Å². The van der Waals surface area contributed by atoms with Gasteiger partial charge in [-0.1, -0.05) is 76.2 Å². The second kappa shape index (κ2) is 76.5. The van der Waals surface area contributed by atoms with Crippen molar-refractivity contribution in [1.82, 2.24) is 29.9 Å². The van der Waals surface area contributed by atoms with E-state index in [-0.39, 0.29) is 122 Å². The molecule has 6 heterocycles. The van der Waals surface area contributed by atoms with E-state index in [0.717, 1.165) is 0 Å². The van der Waals surface area contributed by atoms with Crippen molar-refractivity contribution in [1.29, 1.82) is 0 Å². The molecule has 0 saturated heterocycles. The zero-order valence-electron chi connectivity index (χ0n) is 79.8. The molecule has 0 aromatic carbocycles. The fraction of sp³-hybridized carbons (Fsp3) is 0.456. The number of carbonyl (C=O) groups excluding carboxylic acids is 8. The van der Waals surface area contributed by atoms with Gasteiger partial charge in [0.1, 0.15) is 77.0 Å². The number of esters is 5. The Morgan fingerprint density at radius 3 is 0.886 bits per heavy atom. The van der Waals surface area contributed by atoms with Crippen LogP contribution in [-0.2, 0) is 86.2 Å². The molecule has 6 rings (SSSR count). The first-order valence-electron chi connectivity index (χ1n) is 39.2. The molecule has 0 unspecified atom stereocenters. The van der Waals surface area contributed by atoms with Gasteiger partial charge in [-0.3, -0.25) is 14.4 Å². The number of ether oxygens (including phenoxy) is 5. The maximum atomic E-state index is 11.3. The van der Waals surface area contributed by atoms with Crippen molar-refractivity contribution in [2.45, 2.75) is 231 Å². The number of anilines is 4. The first kappa shape index (κ1) is 138. The van der Waals surface area contributed by atoms with Gasteiger partial charge in [0.2, 0.25) is 12.8 Å². The van der Waals surface area contributed by atoms with Crippen molar-refractivity contribution >= 4 is 167 Å². The minimum absolute atomic E-state index is 0.00134. The number of aldehydes is 1. The summed E-state index contributed by atoms with van der Waals surface area (Å²) in [6.07, 6.45) is 12.8. The summed E-state index contributed by atoms with van der Waals surface area (Å²) >= 11 is 25.7. The molecule has 0 aliphatic rings. The van der Waals surface area contributed by atoms with Gasteiger partial charge in [-0.15, -0.1) is 0 Å². The van der Waals surface area contributed by atoms with Gasteiger partial charge in [-0.25, -0.2) is 88.0 Å². The molecule has 0 atom stereocenters. The third-order valence-electron chi connectivity index (χ3n) is 13.7. The number of aromatic nitrogens is 6. The van der Waals surface area contributed by atoms with Crippen molar-refractivity contribution in [2.24, 2.45) is 0 Å². The summed E-state index contributed by atoms with van der Waals surface area (Å²) in [5, 5.41) is 18.2. The van der Waals surface area contributed by atoms with E-state index in [2.05, 4.69) is 140 Å². The number of hydrogen-bond acceptors (Lipinski definition) is 29. The Labute approximate surface area is 804 Å². The van der Waals surface area contributed by atoms with Gasteiger partial charge < -0.3 is 50.9 Å². The first-order valence-corrected chi connectivity index (χ1v) is 48.8. The van der Waals surface area contributed by atoms with Crippen molar-refractivity contribution in [3.8, 4) is 0 Å². The van der Waals surface area contributed by atoms with E-state index in [0.29, 0.717) is 30.5 Å². The predicted molar refractivity (Wildman–Crippen MR) is 505 cm³/mol. The molecule has 0 bridgehead atoms. The number of carbonyl (C=O) groups is 9. The standard InChI is InChI=1S/C10H10N2O3.C9H8N2O4.C9H10N2O2.C8H18O3.2C8H18O2.C7H5Cl2NO2.C7H7ClN2O2.C6H3Cl2NO2.3C4H9.C2H3.4CO.Sn/c1-3-7-4-5-8(10(14)15-2)9(12-7)11-6-13;1-15-9(14)7-3-2-6(4-12)11-8(7)10-5-13;1-3-6-4-5-7(8(10)11-6)9(12)13-2;1-7(2,3)9-11-10-8(4,5)6;2*1-7(2,3)9-10-8(4,5)6;2*1-12-7(11)4-2-3-5(8)10-6(4)9;7-4-2-1-3(6(10)11)5(8)9-4;3*1-3-4-2;5*1-2;/h3-6H,1H2,2H3,(H,11,12,13);2-5H,1H3,(H,10,11,13);3-5H,1H2,2H3,(H2,10,11);1-6H3;2*1-6H3;2-3H,1H3;2-3H,1H3,(H2,9,10);1-2H,(H,10,11);3*1,3-4H2,2H3;1H,2H2;;;;;. The second-order valence-corrected chi connectivity index (χ2v) is 46.5. The monoisotopic (exact) mass is 2060 g/mol. The fourth-order valence-corrected chi connectivity index (χ4v) is 21.8. The van der Waals surface area contributed by atoms with Crippen LogP contribution in [0.5, 0.6) is 0 Å². The number of carboxylic acids is 1. The van der Waals surface area contributed by atoms with E-state index in [1.165, 1.54) is 135 Å². The Bertz CT molecular complexity index is 4240. The van der Waals surface area contributed by atoms with E-state index in [9.17, 15) is 43.2 Å². The van der Waals surface area contributed by atoms with Gasteiger partial charge in [0.25, 0.3) is 0 Å². The van der Waals surface area contributed by atoms with Gasteiger partial charge in [-0.05, 0) is 210 Å². The molecule has 2 amide bonds. The van der Waals surface area contributed by atoms with Crippen LogP contribution in [-0.4, -0.2) is 177 Å². The average Bonchev–Trinajstić information content (AvgIpc) is 0.837. The number of carboxylic acid groups (broad SMARTS) is 1. The number of methoxy groups -OCH3 is 5. The van der Waals surface area contributed by atoms with E-state index < -0.39 is 54.2 Å². The predicted octanol–water partition coefficient (Wildman–Crippen LogP) is 20.7. The van der Waals surface area contributed by atoms with Gasteiger partial charge in [-0.2, -0.15) is 0 Å². The Kier molecular flexibility index (Phi) is 79.7. The topological polar surface area (TPSA) is 518 Å². The molecule has 0 aliphatic carbocycles. The molecule has 7 N–H and O–H groups in total. The van der Waals surface area contributed by atoms with Crippen LogP contribution in [0.3, 0.4) is 0 Å². The molecule has 0 aliphatic heterocycles. The molecule has 732 valence electrons. The number of nitrogens with one attached hydrogen (secondary N) is 2. The maximum absolute atomic E-state index is 11.3. The number of unbranched alkanes of at least 4 members (excludes halogenated alkanes) is 3. The zero-order valence-corrected chi connectivity index (χ0v) is 86.4. The third kappa shape index (κ3) is 71.7. The molecule has 0 spiro atoms. The second-order valence-electron chi connectivity index (χ2n) is 31.4. The van der Waals surface area contributed by atoms with E-state index in [4.69, 9.17) is 123 Å². The van der Waals surface area contributed by atoms with E-state index in [1.54, 1.807) is 37.6 Å². The molecule has 0 radical (unpaired) electrons. The van der Waals surface area contributed by atoms with Crippen LogP contribution in [0.15, 0.2) is 96.6 Å². The summed E-state index contributed by atoms with van der Waals surface area (Å²) < 4.78 is 59.6. The number of rotatable bonds is 27. The summed E-state index contributed by atoms with van der Waals surface area (Å²) in [7, 11) is 6.31. The Balaban J connectivity index is -0.000000214. The van der Waals surface area contributed by atoms with Gasteiger partial charge in [0.05, 0.1) is 91.7 Å². The van der Waals surface area contributed by atoms with Crippen molar-refractivity contribution < 1.29 is 125 Å². The van der Waals surface area contributed by atoms with Gasteiger partial charge >= 0.3 is 183 Å². The molecular weight excluding hydrogens is 1930 g/mol. The van der Waals surface area contributed by atoms with E-state index >= 15 is 0 Å². The number of amides is 2. The average molecular weight is 2060 g/mol. The summed E-state index contributed by atoms with van der Waals surface area (Å²) in [5.74, 6) is -3.43. The molecular formula is C90H127Cl5N10O26Sn. The number of pyridine rings is 6. The number of nitrogens with zero attached hydrogens (tertiary/aromatic N) is 6. The molecule has 0 fully saturated rings. The van der Waals surface area contributed by atoms with Crippen LogP contribution in [0.25, 0.3) is 12.2 Å². The van der Waals surface area contributed by atoms with Crippen LogP contribution in [0.2, 0.25) is 39.1 Å². The van der Waals surface area contributed by atoms with E-state index in [1.807, 2.05) is 125 Å². The quantitative estimate of drug-likeness (QED) is 0.00368. The number of nitrogen functional groups attached to an aromatic ring is 2. The number of halogens is 5. The molecule has 42 heteroatoms.